The lowest BCUT2D eigenvalue weighted by Crippen LogP contribution is -2.58. The summed E-state index contributed by atoms with van der Waals surface area (Å²) >= 11 is 17.8. The van der Waals surface area contributed by atoms with E-state index < -0.39 is 58.3 Å². The van der Waals surface area contributed by atoms with Gasteiger partial charge < -0.3 is 24.6 Å². The Bertz CT molecular complexity index is 1760. The van der Waals surface area contributed by atoms with E-state index in [4.69, 9.17) is 34.8 Å². The Hall–Kier alpha value is -3.00. The zero-order chi connectivity index (χ0) is 36.4. The maximum atomic E-state index is 14.0. The van der Waals surface area contributed by atoms with Crippen LogP contribution >= 0.6 is 34.8 Å². The molecule has 1 spiro atoms. The second kappa shape index (κ2) is 15.3. The molecule has 3 aromatic rings. The Morgan fingerprint density at radius 2 is 1.60 bits per heavy atom. The number of piperidine rings is 1. The predicted molar refractivity (Wildman–Crippen MR) is 190 cm³/mol. The van der Waals surface area contributed by atoms with E-state index in [0.717, 1.165) is 20.9 Å². The zero-order valence-electron chi connectivity index (χ0n) is 27.4. The summed E-state index contributed by atoms with van der Waals surface area (Å²) in [6.45, 7) is 1.03. The minimum absolute atomic E-state index is 0.0862. The van der Waals surface area contributed by atoms with Gasteiger partial charge in [-0.05, 0) is 47.4 Å². The molecule has 5 rings (SSSR count). The molecule has 0 bridgehead atoms. The molecule has 2 aliphatic rings. The van der Waals surface area contributed by atoms with Crippen molar-refractivity contribution in [1.29, 1.82) is 0 Å². The number of nitrogens with one attached hydrogen (secondary N) is 1. The van der Waals surface area contributed by atoms with E-state index in [-0.39, 0.29) is 27.2 Å². The molecular weight excluding hydrogens is 736 g/mol. The highest BCUT2D eigenvalue weighted by Crippen LogP contribution is 2.49. The van der Waals surface area contributed by atoms with Crippen molar-refractivity contribution < 1.29 is 32.1 Å². The van der Waals surface area contributed by atoms with Gasteiger partial charge in [-0.2, -0.15) is 13.2 Å². The summed E-state index contributed by atoms with van der Waals surface area (Å²) in [7, 11) is 2.59. The van der Waals surface area contributed by atoms with E-state index in [9.17, 15) is 32.1 Å². The van der Waals surface area contributed by atoms with Crippen molar-refractivity contribution in [3.63, 3.8) is 0 Å². The Morgan fingerprint density at radius 1 is 0.940 bits per heavy atom. The van der Waals surface area contributed by atoms with Crippen LogP contribution in [0.25, 0.3) is 0 Å². The summed E-state index contributed by atoms with van der Waals surface area (Å²) in [4.78, 5) is 44.5. The summed E-state index contributed by atoms with van der Waals surface area (Å²) in [6.07, 6.45) is -5.15. The number of benzene rings is 3. The normalized spacial score (nSPS) is 18.3. The van der Waals surface area contributed by atoms with Crippen molar-refractivity contribution in [3.05, 3.63) is 98.5 Å². The molecule has 2 unspecified atom stereocenters. The SMILES string of the molecule is CN(CC(CCN1CCC2(CC1)c1ccccc1C[S+]2[O-])(c1ccc(Cl)c(Cl)c1)N(C)C(=O)C(=O)Nc1ccccc1Cl)C(=O)CC(F)(F)F. The number of carbonyl (C=O) groups excluding carboxylic acids is 3. The molecule has 268 valence electrons. The largest absolute Gasteiger partial charge is 0.615 e. The van der Waals surface area contributed by atoms with E-state index >= 15 is 0 Å². The molecule has 8 nitrogen and oxygen atoms in total. The van der Waals surface area contributed by atoms with Gasteiger partial charge >= 0.3 is 18.0 Å². The second-order valence-electron chi connectivity index (χ2n) is 12.7. The van der Waals surface area contributed by atoms with Crippen molar-refractivity contribution >= 4 is 69.4 Å². The second-order valence-corrected chi connectivity index (χ2v) is 15.7. The van der Waals surface area contributed by atoms with Gasteiger partial charge in [-0.3, -0.25) is 14.4 Å². The highest BCUT2D eigenvalue weighted by atomic mass is 35.5. The number of amides is 3. The number of hydrogen-bond donors (Lipinski definition) is 1. The molecule has 1 fully saturated rings. The molecule has 0 radical (unpaired) electrons. The summed E-state index contributed by atoms with van der Waals surface area (Å²) < 4.78 is 53.0. The first-order chi connectivity index (χ1) is 23.6. The number of halogens is 6. The van der Waals surface area contributed by atoms with E-state index in [2.05, 4.69) is 10.2 Å². The van der Waals surface area contributed by atoms with Gasteiger partial charge in [0.1, 0.15) is 12.2 Å². The molecule has 1 saturated heterocycles. The molecule has 0 aromatic heterocycles. The molecule has 2 aliphatic heterocycles. The third kappa shape index (κ3) is 8.05. The van der Waals surface area contributed by atoms with Gasteiger partial charge in [0.25, 0.3) is 0 Å². The Balaban J connectivity index is 1.48. The number of carbonyl (C=O) groups is 3. The Labute approximate surface area is 307 Å². The average Bonchev–Trinajstić information content (AvgIpc) is 3.34. The topological polar surface area (TPSA) is 96.0 Å². The lowest BCUT2D eigenvalue weighted by atomic mass is 9.82. The van der Waals surface area contributed by atoms with Gasteiger partial charge in [0, 0.05) is 64.2 Å². The lowest BCUT2D eigenvalue weighted by molar-refractivity contribution is -0.163. The van der Waals surface area contributed by atoms with Crippen LogP contribution in [0, 0.1) is 0 Å². The van der Waals surface area contributed by atoms with Crippen LogP contribution in [0.2, 0.25) is 15.1 Å². The van der Waals surface area contributed by atoms with Crippen molar-refractivity contribution in [2.75, 3.05) is 45.6 Å². The van der Waals surface area contributed by atoms with Crippen LogP contribution in [0.5, 0.6) is 0 Å². The average molecular weight is 772 g/mol. The maximum absolute atomic E-state index is 14.0. The fourth-order valence-corrected chi connectivity index (χ4v) is 9.28. The highest BCUT2D eigenvalue weighted by Gasteiger charge is 2.52. The van der Waals surface area contributed by atoms with E-state index in [1.165, 1.54) is 38.4 Å². The van der Waals surface area contributed by atoms with Gasteiger partial charge in [-0.25, -0.2) is 0 Å². The summed E-state index contributed by atoms with van der Waals surface area (Å²) in [5, 5.41) is 3.01. The van der Waals surface area contributed by atoms with Crippen LogP contribution in [0.1, 0.15) is 42.4 Å². The third-order valence-corrected chi connectivity index (χ3v) is 12.9. The summed E-state index contributed by atoms with van der Waals surface area (Å²) in [6, 6.07) is 18.8. The highest BCUT2D eigenvalue weighted by molar-refractivity contribution is 7.92. The van der Waals surface area contributed by atoms with Crippen LogP contribution in [0.4, 0.5) is 18.9 Å². The first kappa shape index (κ1) is 38.2. The van der Waals surface area contributed by atoms with Gasteiger partial charge in [0.2, 0.25) is 5.91 Å². The van der Waals surface area contributed by atoms with Crippen molar-refractivity contribution in [3.8, 4) is 0 Å². The smallest absolute Gasteiger partial charge is 0.397 e. The fourth-order valence-electron chi connectivity index (χ4n) is 6.91. The standard InChI is InChI=1S/C35H36Cl3F3N4O4S/c1-43(30(46)20-35(39,40)41)22-33(24-11-12-26(36)28(38)19-24,44(2)32(48)31(47)42-29-10-6-5-9-27(29)37)13-16-45-17-14-34(15-18-45)25-8-4-3-7-23(25)21-50(34)49/h3-12,19H,13-18,20-22H2,1-2H3,(H,42,47). The van der Waals surface area contributed by atoms with Crippen LogP contribution in [0.15, 0.2) is 66.7 Å². The molecule has 0 aliphatic carbocycles. The Kier molecular flexibility index (Phi) is 11.7. The van der Waals surface area contributed by atoms with Gasteiger partial charge in [0.15, 0.2) is 4.75 Å². The molecule has 1 N–H and O–H groups in total. The minimum Gasteiger partial charge on any atom is -0.615 e. The maximum Gasteiger partial charge on any atom is 0.397 e. The third-order valence-electron chi connectivity index (χ3n) is 9.73. The number of hydrogen-bond acceptors (Lipinski definition) is 5. The van der Waals surface area contributed by atoms with Crippen LogP contribution in [-0.2, 0) is 41.6 Å². The first-order valence-electron chi connectivity index (χ1n) is 15.9. The number of alkyl halides is 3. The molecule has 0 saturated carbocycles. The number of fused-ring (bicyclic) bond motifs is 2. The zero-order valence-corrected chi connectivity index (χ0v) is 30.4. The molecule has 2 atom stereocenters. The summed E-state index contributed by atoms with van der Waals surface area (Å²) in [5.74, 6) is -2.79. The first-order valence-corrected chi connectivity index (χ1v) is 18.3. The molecule has 15 heteroatoms. The monoisotopic (exact) mass is 770 g/mol. The molecule has 50 heavy (non-hydrogen) atoms. The number of nitrogens with zero attached hydrogens (tertiary/aromatic N) is 3. The van der Waals surface area contributed by atoms with Gasteiger partial charge in [-0.15, -0.1) is 0 Å². The quantitative estimate of drug-likeness (QED) is 0.187. The lowest BCUT2D eigenvalue weighted by Gasteiger charge is -2.46. The number of para-hydroxylation sites is 1. The molecule has 3 aromatic carbocycles. The molecule has 3 amide bonds. The minimum atomic E-state index is -4.77. The predicted octanol–water partition coefficient (Wildman–Crippen LogP) is 6.99. The Morgan fingerprint density at radius 3 is 2.26 bits per heavy atom. The van der Waals surface area contributed by atoms with Gasteiger partial charge in [0.05, 0.1) is 26.3 Å². The number of anilines is 1. The molecule has 2 heterocycles. The van der Waals surface area contributed by atoms with Crippen LogP contribution in [0.3, 0.4) is 0 Å². The number of likely N-dealkylation sites (tertiary alicyclic amines) is 1. The van der Waals surface area contributed by atoms with E-state index in [1.807, 2.05) is 24.3 Å². The number of rotatable bonds is 9. The fraction of sp³-hybridized carbons (Fsp3) is 0.400. The van der Waals surface area contributed by atoms with Crippen LogP contribution in [-0.4, -0.2) is 83.4 Å². The van der Waals surface area contributed by atoms with E-state index in [1.54, 1.807) is 18.2 Å². The molecular formula is C35H36Cl3F3N4O4S. The van der Waals surface area contributed by atoms with Crippen LogP contribution < -0.4 is 5.32 Å². The van der Waals surface area contributed by atoms with Crippen molar-refractivity contribution in [1.82, 2.24) is 14.7 Å². The summed E-state index contributed by atoms with van der Waals surface area (Å²) in [5.41, 5.74) is 1.17. The van der Waals surface area contributed by atoms with Crippen molar-refractivity contribution in [2.45, 2.75) is 47.9 Å². The van der Waals surface area contributed by atoms with Gasteiger partial charge in [-0.1, -0.05) is 77.3 Å². The number of likely N-dealkylation sites (N-methyl/N-ethyl adjacent to an activating group) is 2. The van der Waals surface area contributed by atoms with E-state index in [0.29, 0.717) is 43.8 Å². The van der Waals surface area contributed by atoms with Crippen molar-refractivity contribution in [2.24, 2.45) is 0 Å².